The van der Waals surface area contributed by atoms with E-state index in [0.717, 1.165) is 31.9 Å². The molecule has 1 aromatic carbocycles. The lowest BCUT2D eigenvalue weighted by molar-refractivity contribution is 0.110. The van der Waals surface area contributed by atoms with Crippen LogP contribution < -0.4 is 15.8 Å². The van der Waals surface area contributed by atoms with E-state index in [9.17, 15) is 0 Å². The number of nitrogen functional groups attached to an aromatic ring is 1. The molecule has 0 saturated carbocycles. The van der Waals surface area contributed by atoms with E-state index in [1.54, 1.807) is 7.11 Å². The second-order valence-corrected chi connectivity index (χ2v) is 4.67. The van der Waals surface area contributed by atoms with E-state index in [-0.39, 0.29) is 0 Å². The Kier molecular flexibility index (Phi) is 6.36. The van der Waals surface area contributed by atoms with Crippen molar-refractivity contribution in [3.63, 3.8) is 0 Å². The van der Waals surface area contributed by atoms with Gasteiger partial charge in [-0.05, 0) is 24.5 Å². The Morgan fingerprint density at radius 2 is 2.11 bits per heavy atom. The predicted molar refractivity (Wildman–Crippen MR) is 76.2 cm³/mol. The largest absolute Gasteiger partial charge is 0.495 e. The molecule has 0 aliphatic rings. The van der Waals surface area contributed by atoms with Crippen LogP contribution in [0, 0.1) is 5.92 Å². The summed E-state index contributed by atoms with van der Waals surface area (Å²) in [6.45, 7) is 6.73. The van der Waals surface area contributed by atoms with Crippen molar-refractivity contribution in [2.24, 2.45) is 5.92 Å². The zero-order valence-corrected chi connectivity index (χ0v) is 11.5. The average Bonchev–Trinajstić information content (AvgIpc) is 2.35. The first-order chi connectivity index (χ1) is 8.65. The van der Waals surface area contributed by atoms with Crippen LogP contribution in [0.3, 0.4) is 0 Å². The molecule has 0 radical (unpaired) electrons. The monoisotopic (exact) mass is 252 g/mol. The molecule has 102 valence electrons. The minimum absolute atomic E-state index is 0.590. The molecule has 1 rings (SSSR count). The molecule has 0 unspecified atom stereocenters. The maximum Gasteiger partial charge on any atom is 0.143 e. The lowest BCUT2D eigenvalue weighted by Crippen LogP contribution is -2.09. The smallest absolute Gasteiger partial charge is 0.143 e. The molecule has 18 heavy (non-hydrogen) atoms. The lowest BCUT2D eigenvalue weighted by atomic mass is 10.2. The highest BCUT2D eigenvalue weighted by atomic mass is 16.5. The van der Waals surface area contributed by atoms with Gasteiger partial charge in [0.2, 0.25) is 0 Å². The van der Waals surface area contributed by atoms with E-state index < -0.39 is 0 Å². The summed E-state index contributed by atoms with van der Waals surface area (Å²) >= 11 is 0. The summed E-state index contributed by atoms with van der Waals surface area (Å²) in [6, 6.07) is 5.73. The molecule has 4 heteroatoms. The molecule has 0 fully saturated rings. The van der Waals surface area contributed by atoms with Crippen LogP contribution in [0.2, 0.25) is 0 Å². The number of ether oxygens (including phenoxy) is 2. The Hall–Kier alpha value is -1.42. The van der Waals surface area contributed by atoms with Crippen LogP contribution >= 0.6 is 0 Å². The van der Waals surface area contributed by atoms with Gasteiger partial charge in [0, 0.05) is 19.8 Å². The van der Waals surface area contributed by atoms with Crippen LogP contribution in [-0.2, 0) is 4.74 Å². The van der Waals surface area contributed by atoms with E-state index >= 15 is 0 Å². The standard InChI is InChI=1S/C14H24N2O2/c1-11(2)10-18-9-5-8-16-12-6-4-7-13(17-3)14(12)15/h4,6-7,11,16H,5,8-10,15H2,1-3H3. The number of para-hydroxylation sites is 1. The number of hydrogen-bond donors (Lipinski definition) is 2. The lowest BCUT2D eigenvalue weighted by Gasteiger charge is -2.12. The summed E-state index contributed by atoms with van der Waals surface area (Å²) in [7, 11) is 1.62. The van der Waals surface area contributed by atoms with Crippen LogP contribution in [0.15, 0.2) is 18.2 Å². The Labute approximate surface area is 109 Å². The minimum atomic E-state index is 0.590. The number of methoxy groups -OCH3 is 1. The molecule has 0 spiro atoms. The van der Waals surface area contributed by atoms with E-state index in [0.29, 0.717) is 17.4 Å². The summed E-state index contributed by atoms with van der Waals surface area (Å²) in [4.78, 5) is 0. The topological polar surface area (TPSA) is 56.5 Å². The molecule has 0 amide bonds. The van der Waals surface area contributed by atoms with Crippen molar-refractivity contribution in [2.75, 3.05) is 37.9 Å². The number of nitrogens with two attached hydrogens (primary N) is 1. The fraction of sp³-hybridized carbons (Fsp3) is 0.571. The van der Waals surface area contributed by atoms with Crippen molar-refractivity contribution in [1.82, 2.24) is 0 Å². The fourth-order valence-corrected chi connectivity index (χ4v) is 1.59. The van der Waals surface area contributed by atoms with Crippen molar-refractivity contribution >= 4 is 11.4 Å². The number of benzene rings is 1. The van der Waals surface area contributed by atoms with Gasteiger partial charge in [0.15, 0.2) is 0 Å². The molecule has 4 nitrogen and oxygen atoms in total. The summed E-state index contributed by atoms with van der Waals surface area (Å²) in [5.41, 5.74) is 7.53. The number of hydrogen-bond acceptors (Lipinski definition) is 4. The number of rotatable bonds is 8. The van der Waals surface area contributed by atoms with E-state index in [1.807, 2.05) is 18.2 Å². The van der Waals surface area contributed by atoms with Crippen LogP contribution in [0.5, 0.6) is 5.75 Å². The van der Waals surface area contributed by atoms with Crippen molar-refractivity contribution < 1.29 is 9.47 Å². The second-order valence-electron chi connectivity index (χ2n) is 4.67. The van der Waals surface area contributed by atoms with Crippen LogP contribution in [0.1, 0.15) is 20.3 Å². The van der Waals surface area contributed by atoms with E-state index in [4.69, 9.17) is 15.2 Å². The summed E-state index contributed by atoms with van der Waals surface area (Å²) in [6.07, 6.45) is 0.962. The number of nitrogens with one attached hydrogen (secondary N) is 1. The molecule has 1 aromatic rings. The maximum atomic E-state index is 5.96. The third-order valence-electron chi connectivity index (χ3n) is 2.52. The van der Waals surface area contributed by atoms with Gasteiger partial charge < -0.3 is 20.5 Å². The van der Waals surface area contributed by atoms with Crippen molar-refractivity contribution in [3.05, 3.63) is 18.2 Å². The van der Waals surface area contributed by atoms with Crippen molar-refractivity contribution in [3.8, 4) is 5.75 Å². The predicted octanol–water partition coefficient (Wildman–Crippen LogP) is 2.75. The summed E-state index contributed by atoms with van der Waals surface area (Å²) < 4.78 is 10.7. The number of anilines is 2. The van der Waals surface area contributed by atoms with Crippen molar-refractivity contribution in [1.29, 1.82) is 0 Å². The zero-order chi connectivity index (χ0) is 13.4. The zero-order valence-electron chi connectivity index (χ0n) is 11.5. The molecular formula is C14H24N2O2. The molecule has 0 atom stereocenters. The first kappa shape index (κ1) is 14.6. The highest BCUT2D eigenvalue weighted by Crippen LogP contribution is 2.28. The SMILES string of the molecule is COc1cccc(NCCCOCC(C)C)c1N. The molecular weight excluding hydrogens is 228 g/mol. The molecule has 0 bridgehead atoms. The third kappa shape index (κ3) is 4.84. The van der Waals surface area contributed by atoms with Gasteiger partial charge in [0.05, 0.1) is 18.5 Å². The summed E-state index contributed by atoms with van der Waals surface area (Å²) in [5, 5.41) is 3.29. The van der Waals surface area contributed by atoms with Gasteiger partial charge in [0.25, 0.3) is 0 Å². The average molecular weight is 252 g/mol. The Balaban J connectivity index is 2.27. The van der Waals surface area contributed by atoms with Gasteiger partial charge in [-0.2, -0.15) is 0 Å². The minimum Gasteiger partial charge on any atom is -0.495 e. The Morgan fingerprint density at radius 1 is 1.33 bits per heavy atom. The van der Waals surface area contributed by atoms with Crippen LogP contribution in [0.25, 0.3) is 0 Å². The Bertz CT molecular complexity index is 354. The highest BCUT2D eigenvalue weighted by molar-refractivity contribution is 5.72. The molecule has 0 aliphatic heterocycles. The second kappa shape index (κ2) is 7.82. The van der Waals surface area contributed by atoms with Gasteiger partial charge >= 0.3 is 0 Å². The molecule has 0 saturated heterocycles. The van der Waals surface area contributed by atoms with Gasteiger partial charge in [-0.25, -0.2) is 0 Å². The van der Waals surface area contributed by atoms with Gasteiger partial charge in [-0.1, -0.05) is 19.9 Å². The normalized spacial score (nSPS) is 10.7. The molecule has 0 heterocycles. The van der Waals surface area contributed by atoms with Gasteiger partial charge in [-0.15, -0.1) is 0 Å². The van der Waals surface area contributed by atoms with Gasteiger partial charge in [0.1, 0.15) is 5.75 Å². The van der Waals surface area contributed by atoms with E-state index in [1.165, 1.54) is 0 Å². The maximum absolute atomic E-state index is 5.96. The fourth-order valence-electron chi connectivity index (χ4n) is 1.59. The molecule has 3 N–H and O–H groups in total. The highest BCUT2D eigenvalue weighted by Gasteiger charge is 2.03. The molecule has 0 aromatic heterocycles. The van der Waals surface area contributed by atoms with Gasteiger partial charge in [-0.3, -0.25) is 0 Å². The van der Waals surface area contributed by atoms with Crippen LogP contribution in [0.4, 0.5) is 11.4 Å². The van der Waals surface area contributed by atoms with Crippen molar-refractivity contribution in [2.45, 2.75) is 20.3 Å². The van der Waals surface area contributed by atoms with Crippen LogP contribution in [-0.4, -0.2) is 26.9 Å². The van der Waals surface area contributed by atoms with E-state index in [2.05, 4.69) is 19.2 Å². The summed E-state index contributed by atoms with van der Waals surface area (Å²) in [5.74, 6) is 1.29. The first-order valence-corrected chi connectivity index (χ1v) is 6.39. The molecule has 0 aliphatic carbocycles. The quantitative estimate of drug-likeness (QED) is 0.552. The first-order valence-electron chi connectivity index (χ1n) is 6.39. The third-order valence-corrected chi connectivity index (χ3v) is 2.52. The Morgan fingerprint density at radius 3 is 2.78 bits per heavy atom.